The third kappa shape index (κ3) is 1.71. The molecule has 2 bridgehead atoms. The molecule has 0 N–H and O–H groups in total. The molecule has 0 amide bonds. The fraction of sp³-hybridized carbons (Fsp3) is 0.750. The van der Waals surface area contributed by atoms with Crippen molar-refractivity contribution in [3.63, 3.8) is 0 Å². The summed E-state index contributed by atoms with van der Waals surface area (Å²) < 4.78 is -2.96. The van der Waals surface area contributed by atoms with Crippen LogP contribution in [0.1, 0.15) is 6.42 Å². The van der Waals surface area contributed by atoms with Crippen LogP contribution in [-0.4, -0.2) is 28.3 Å². The Kier molecular flexibility index (Phi) is 3.82. The molecule has 0 nitrogen and oxygen atoms in total. The highest BCUT2D eigenvalue weighted by Gasteiger charge is 2.80. The van der Waals surface area contributed by atoms with Gasteiger partial charge in [-0.25, -0.2) is 0 Å². The van der Waals surface area contributed by atoms with Gasteiger partial charge in [-0.05, 0) is 6.42 Å². The van der Waals surface area contributed by atoms with E-state index in [2.05, 4.69) is 10.2 Å². The summed E-state index contributed by atoms with van der Waals surface area (Å²) >= 11 is 49.5. The summed E-state index contributed by atoms with van der Waals surface area (Å²) in [5, 5.41) is 0.224. The topological polar surface area (TPSA) is 0 Å². The first-order valence-electron chi connectivity index (χ1n) is 4.35. The minimum atomic E-state index is -1.59. The summed E-state index contributed by atoms with van der Waals surface area (Å²) in [7, 11) is 3.17. The van der Waals surface area contributed by atoms with Gasteiger partial charge in [-0.3, -0.25) is 0 Å². The third-order valence-corrected chi connectivity index (χ3v) is 8.37. The quantitative estimate of drug-likeness (QED) is 0.415. The summed E-state index contributed by atoms with van der Waals surface area (Å²) in [6.45, 7) is 0. The average molecular weight is 411 g/mol. The molecule has 3 unspecified atom stereocenters. The van der Waals surface area contributed by atoms with Crippen LogP contribution in [0.2, 0.25) is 0 Å². The van der Waals surface area contributed by atoms with E-state index in [1.807, 2.05) is 0 Å². The lowest BCUT2D eigenvalue weighted by Crippen LogP contribution is -2.48. The Balaban J connectivity index is 2.67. The first-order chi connectivity index (χ1) is 7.40. The van der Waals surface area contributed by atoms with Gasteiger partial charge in [0.15, 0.2) is 4.33 Å². The number of alkyl halides is 6. The standard InChI is InChI=1S/C8H3Cl8Si/c9-3-4(10)6(12)2(7(13,14)17)1-5(3,11)8(6,15)16/h2H,1H2. The number of halogens is 8. The van der Waals surface area contributed by atoms with Crippen LogP contribution in [0.4, 0.5) is 0 Å². The van der Waals surface area contributed by atoms with Crippen molar-refractivity contribution in [1.29, 1.82) is 0 Å². The molecular formula is C8H3Cl8Si. The summed E-state index contributed by atoms with van der Waals surface area (Å²) in [5.74, 6) is -0.598. The van der Waals surface area contributed by atoms with Gasteiger partial charge in [0.1, 0.15) is 13.7 Å². The van der Waals surface area contributed by atoms with Gasteiger partial charge in [0, 0.05) is 5.92 Å². The van der Waals surface area contributed by atoms with Gasteiger partial charge in [-0.15, -0.1) is 46.4 Å². The van der Waals surface area contributed by atoms with Crippen LogP contribution in [0.5, 0.6) is 0 Å². The number of hydrogen-bond acceptors (Lipinski definition) is 0. The van der Waals surface area contributed by atoms with Crippen LogP contribution >= 0.6 is 92.8 Å². The first kappa shape index (κ1) is 15.7. The number of allylic oxidation sites excluding steroid dienone is 2. The number of fused-ring (bicyclic) bond motifs is 2. The summed E-state index contributed by atoms with van der Waals surface area (Å²) in [6, 6.07) is 0. The van der Waals surface area contributed by atoms with Crippen molar-refractivity contribution in [3.8, 4) is 0 Å². The Morgan fingerprint density at radius 3 is 1.82 bits per heavy atom. The van der Waals surface area contributed by atoms with Crippen LogP contribution in [0, 0.1) is 5.92 Å². The second-order valence-electron chi connectivity index (χ2n) is 4.09. The van der Waals surface area contributed by atoms with E-state index in [4.69, 9.17) is 92.8 Å². The van der Waals surface area contributed by atoms with Crippen molar-refractivity contribution < 1.29 is 0 Å². The number of hydrogen-bond donors (Lipinski definition) is 0. The molecule has 9 heteroatoms. The highest BCUT2D eigenvalue weighted by atomic mass is 35.5. The SMILES string of the molecule is [Si]C(Cl)(Cl)C1CC2(Cl)C(Cl)=C(Cl)C1(Cl)C2(Cl)Cl. The lowest BCUT2D eigenvalue weighted by molar-refractivity contribution is 0.472. The zero-order valence-corrected chi connectivity index (χ0v) is 14.9. The highest BCUT2D eigenvalue weighted by molar-refractivity contribution is 6.69. The molecule has 2 aliphatic carbocycles. The molecule has 0 aromatic rings. The second kappa shape index (κ2) is 4.15. The molecule has 0 aromatic carbocycles. The van der Waals surface area contributed by atoms with E-state index < -0.39 is 24.0 Å². The summed E-state index contributed by atoms with van der Waals surface area (Å²) in [6.07, 6.45) is 0.205. The summed E-state index contributed by atoms with van der Waals surface area (Å²) in [4.78, 5) is -2.72. The van der Waals surface area contributed by atoms with Gasteiger partial charge in [-0.2, -0.15) is 0 Å². The van der Waals surface area contributed by atoms with E-state index in [-0.39, 0.29) is 16.5 Å². The predicted octanol–water partition coefficient (Wildman–Crippen LogP) is 5.14. The van der Waals surface area contributed by atoms with E-state index in [9.17, 15) is 0 Å². The molecule has 3 radical (unpaired) electrons. The fourth-order valence-electron chi connectivity index (χ4n) is 2.29. The van der Waals surface area contributed by atoms with Crippen LogP contribution < -0.4 is 0 Å². The Morgan fingerprint density at radius 2 is 1.53 bits per heavy atom. The Labute approximate surface area is 142 Å². The predicted molar refractivity (Wildman–Crippen MR) is 78.6 cm³/mol. The highest BCUT2D eigenvalue weighted by Crippen LogP contribution is 2.76. The molecule has 2 rings (SSSR count). The molecular weight excluding hydrogens is 408 g/mol. The van der Waals surface area contributed by atoms with Crippen LogP contribution in [0.15, 0.2) is 10.1 Å². The minimum absolute atomic E-state index is 0.0843. The third-order valence-electron chi connectivity index (χ3n) is 3.22. The zero-order valence-electron chi connectivity index (χ0n) is 7.81. The molecule has 0 spiro atoms. The van der Waals surface area contributed by atoms with Crippen LogP contribution in [-0.2, 0) is 0 Å². The lowest BCUT2D eigenvalue weighted by atomic mass is 9.93. The van der Waals surface area contributed by atoms with E-state index in [0.29, 0.717) is 0 Å². The smallest absolute Gasteiger partial charge is 0.110 e. The molecule has 2 aliphatic rings. The minimum Gasteiger partial charge on any atom is -0.110 e. The molecule has 0 saturated heterocycles. The molecule has 1 saturated carbocycles. The molecule has 0 heterocycles. The van der Waals surface area contributed by atoms with Gasteiger partial charge in [0.2, 0.25) is 0 Å². The zero-order chi connectivity index (χ0) is 13.4. The molecule has 3 atom stereocenters. The number of rotatable bonds is 1. The van der Waals surface area contributed by atoms with Gasteiger partial charge < -0.3 is 0 Å². The Hall–Kier alpha value is 2.28. The van der Waals surface area contributed by atoms with Gasteiger partial charge in [-0.1, -0.05) is 46.4 Å². The monoisotopic (exact) mass is 407 g/mol. The van der Waals surface area contributed by atoms with Crippen LogP contribution in [0.3, 0.4) is 0 Å². The lowest BCUT2D eigenvalue weighted by Gasteiger charge is -2.38. The van der Waals surface area contributed by atoms with E-state index in [0.717, 1.165) is 0 Å². The second-order valence-corrected chi connectivity index (χ2v) is 10.2. The van der Waals surface area contributed by atoms with Crippen molar-refractivity contribution in [2.24, 2.45) is 5.92 Å². The van der Waals surface area contributed by atoms with E-state index in [1.165, 1.54) is 0 Å². The van der Waals surface area contributed by atoms with Gasteiger partial charge in [0.25, 0.3) is 0 Å². The van der Waals surface area contributed by atoms with Gasteiger partial charge in [0.05, 0.1) is 20.3 Å². The van der Waals surface area contributed by atoms with Crippen molar-refractivity contribution in [1.82, 2.24) is 0 Å². The van der Waals surface area contributed by atoms with E-state index in [1.54, 1.807) is 0 Å². The van der Waals surface area contributed by atoms with E-state index >= 15 is 0 Å². The van der Waals surface area contributed by atoms with Crippen molar-refractivity contribution >= 4 is 103 Å². The molecule has 17 heavy (non-hydrogen) atoms. The first-order valence-corrected chi connectivity index (χ1v) is 7.87. The van der Waals surface area contributed by atoms with Crippen molar-refractivity contribution in [3.05, 3.63) is 10.1 Å². The Bertz CT molecular complexity index is 412. The molecule has 0 aromatic heterocycles. The average Bonchev–Trinajstić information content (AvgIpc) is 2.38. The normalized spacial score (nSPS) is 44.6. The van der Waals surface area contributed by atoms with Crippen LogP contribution in [0.25, 0.3) is 0 Å². The molecule has 1 fully saturated rings. The maximum Gasteiger partial charge on any atom is 0.166 e. The fourth-order valence-corrected chi connectivity index (χ4v) is 6.12. The maximum absolute atomic E-state index is 6.45. The molecule has 0 aliphatic heterocycles. The van der Waals surface area contributed by atoms with Crippen molar-refractivity contribution in [2.75, 3.05) is 0 Å². The van der Waals surface area contributed by atoms with Crippen molar-refractivity contribution in [2.45, 2.75) is 24.5 Å². The Morgan fingerprint density at radius 1 is 1.06 bits per heavy atom. The maximum atomic E-state index is 6.45. The largest absolute Gasteiger partial charge is 0.166 e. The summed E-state index contributed by atoms with van der Waals surface area (Å²) in [5.41, 5.74) is 0. The van der Waals surface area contributed by atoms with Gasteiger partial charge >= 0.3 is 0 Å². The molecule has 95 valence electrons.